The van der Waals surface area contributed by atoms with Gasteiger partial charge in [0.1, 0.15) is 0 Å². The van der Waals surface area contributed by atoms with Gasteiger partial charge in [0.15, 0.2) is 0 Å². The molecule has 1 N–H and O–H groups in total. The fourth-order valence-corrected chi connectivity index (χ4v) is 4.08. The molecule has 0 unspecified atom stereocenters. The minimum absolute atomic E-state index is 0.0457. The van der Waals surface area contributed by atoms with Gasteiger partial charge in [0.25, 0.3) is 5.91 Å². The molecule has 110 valence electrons. The first-order chi connectivity index (χ1) is 10.2. The van der Waals surface area contributed by atoms with Gasteiger partial charge in [-0.15, -0.1) is 0 Å². The monoisotopic (exact) mass is 347 g/mol. The van der Waals surface area contributed by atoms with Crippen molar-refractivity contribution in [2.45, 2.75) is 18.9 Å². The summed E-state index contributed by atoms with van der Waals surface area (Å²) < 4.78 is 2.99. The third-order valence-electron chi connectivity index (χ3n) is 4.82. The van der Waals surface area contributed by atoms with Crippen molar-refractivity contribution in [3.8, 4) is 0 Å². The highest BCUT2D eigenvalue weighted by molar-refractivity contribution is 9.10. The maximum atomic E-state index is 12.5. The van der Waals surface area contributed by atoms with Crippen LogP contribution in [0.1, 0.15) is 23.2 Å². The lowest BCUT2D eigenvalue weighted by molar-refractivity contribution is 0.0620. The van der Waals surface area contributed by atoms with Crippen molar-refractivity contribution in [3.63, 3.8) is 0 Å². The van der Waals surface area contributed by atoms with Crippen LogP contribution in [0.2, 0.25) is 0 Å². The summed E-state index contributed by atoms with van der Waals surface area (Å²) in [7, 11) is 0. The summed E-state index contributed by atoms with van der Waals surface area (Å²) in [5.74, 6) is 0.701. The smallest absolute Gasteiger partial charge is 0.253 e. The van der Waals surface area contributed by atoms with E-state index in [0.717, 1.165) is 22.1 Å². The van der Waals surface area contributed by atoms with Crippen molar-refractivity contribution < 1.29 is 4.79 Å². The number of carbonyl (C=O) groups is 1. The number of aromatic nitrogens is 1. The van der Waals surface area contributed by atoms with Crippen molar-refractivity contribution in [2.24, 2.45) is 5.92 Å². The molecule has 21 heavy (non-hydrogen) atoms. The van der Waals surface area contributed by atoms with Crippen molar-refractivity contribution in [2.75, 3.05) is 19.6 Å². The zero-order chi connectivity index (χ0) is 14.4. The third-order valence-corrected chi connectivity index (χ3v) is 5.49. The molecule has 0 aromatic carbocycles. The summed E-state index contributed by atoms with van der Waals surface area (Å²) in [5.41, 5.74) is 1.76. The number of fused-ring (bicyclic) bond motifs is 4. The number of nitrogens with zero attached hydrogens (tertiary/aromatic N) is 2. The summed E-state index contributed by atoms with van der Waals surface area (Å²) in [5, 5.41) is 3.24. The van der Waals surface area contributed by atoms with E-state index >= 15 is 0 Å². The van der Waals surface area contributed by atoms with E-state index in [0.29, 0.717) is 12.0 Å². The number of amides is 1. The summed E-state index contributed by atoms with van der Waals surface area (Å²) in [4.78, 5) is 15.0. The molecular formula is C16H18BrN3O. The second-order valence-corrected chi connectivity index (χ2v) is 6.95. The lowest BCUT2D eigenvalue weighted by Gasteiger charge is -2.44. The van der Waals surface area contributed by atoms with Gasteiger partial charge in [-0.25, -0.2) is 0 Å². The molecule has 0 radical (unpaired) electrons. The molecule has 5 heterocycles. The van der Waals surface area contributed by atoms with Gasteiger partial charge in [-0.3, -0.25) is 4.79 Å². The first kappa shape index (κ1) is 13.3. The standard InChI is InChI=1S/C16H18BrN3O/c17-13-2-1-5-20-9-12(8-15(13)20)16(21)18-14-10-19-6-3-11(14)4-7-19/h1-2,5,8-9,11,14H,3-4,6-7,10H2,(H,18,21)/t14-/m0/s1. The fourth-order valence-electron chi connectivity index (χ4n) is 3.60. The topological polar surface area (TPSA) is 36.8 Å². The highest BCUT2D eigenvalue weighted by atomic mass is 79.9. The van der Waals surface area contributed by atoms with E-state index in [1.165, 1.54) is 25.9 Å². The molecule has 2 aromatic heterocycles. The highest BCUT2D eigenvalue weighted by Crippen LogP contribution is 2.28. The van der Waals surface area contributed by atoms with E-state index in [1.807, 2.05) is 35.0 Å². The van der Waals surface area contributed by atoms with Gasteiger partial charge in [0.05, 0.1) is 11.1 Å². The molecule has 0 saturated carbocycles. The molecule has 5 heteroatoms. The zero-order valence-electron chi connectivity index (χ0n) is 11.8. The Morgan fingerprint density at radius 2 is 2.14 bits per heavy atom. The Bertz CT molecular complexity index is 688. The van der Waals surface area contributed by atoms with Gasteiger partial charge in [-0.1, -0.05) is 0 Å². The van der Waals surface area contributed by atoms with Crippen LogP contribution in [-0.4, -0.2) is 40.9 Å². The average molecular weight is 348 g/mol. The van der Waals surface area contributed by atoms with Crippen molar-refractivity contribution in [1.82, 2.24) is 14.6 Å². The van der Waals surface area contributed by atoms with Crippen LogP contribution >= 0.6 is 15.9 Å². The Hall–Kier alpha value is -1.33. The zero-order valence-corrected chi connectivity index (χ0v) is 13.3. The minimum Gasteiger partial charge on any atom is -0.348 e. The number of hydrogen-bond acceptors (Lipinski definition) is 2. The van der Waals surface area contributed by atoms with Crippen LogP contribution in [0.15, 0.2) is 35.1 Å². The largest absolute Gasteiger partial charge is 0.348 e. The van der Waals surface area contributed by atoms with Gasteiger partial charge in [-0.2, -0.15) is 0 Å². The Balaban J connectivity index is 1.55. The van der Waals surface area contributed by atoms with Crippen LogP contribution in [0.5, 0.6) is 0 Å². The van der Waals surface area contributed by atoms with E-state index in [4.69, 9.17) is 0 Å². The molecule has 4 nitrogen and oxygen atoms in total. The van der Waals surface area contributed by atoms with Crippen molar-refractivity contribution in [3.05, 3.63) is 40.6 Å². The molecule has 2 bridgehead atoms. The molecule has 5 rings (SSSR count). The molecule has 3 aliphatic rings. The second-order valence-electron chi connectivity index (χ2n) is 6.10. The van der Waals surface area contributed by atoms with Gasteiger partial charge in [0, 0.05) is 29.5 Å². The Morgan fingerprint density at radius 3 is 2.81 bits per heavy atom. The Kier molecular flexibility index (Phi) is 3.27. The summed E-state index contributed by atoms with van der Waals surface area (Å²) >= 11 is 3.53. The molecule has 3 aliphatic heterocycles. The molecule has 0 spiro atoms. The predicted octanol–water partition coefficient (Wildman–Crippen LogP) is 2.53. The van der Waals surface area contributed by atoms with E-state index in [1.54, 1.807) is 0 Å². The first-order valence-electron chi connectivity index (χ1n) is 7.50. The maximum Gasteiger partial charge on any atom is 0.253 e. The number of rotatable bonds is 2. The molecule has 0 aliphatic carbocycles. The highest BCUT2D eigenvalue weighted by Gasteiger charge is 2.35. The van der Waals surface area contributed by atoms with Crippen LogP contribution in [0.25, 0.3) is 5.52 Å². The fraction of sp³-hybridized carbons (Fsp3) is 0.438. The number of carbonyl (C=O) groups excluding carboxylic acids is 1. The van der Waals surface area contributed by atoms with E-state index in [-0.39, 0.29) is 5.91 Å². The van der Waals surface area contributed by atoms with Gasteiger partial charge >= 0.3 is 0 Å². The molecule has 2 aromatic rings. The van der Waals surface area contributed by atoms with Crippen LogP contribution in [-0.2, 0) is 0 Å². The van der Waals surface area contributed by atoms with Gasteiger partial charge in [0.2, 0.25) is 0 Å². The van der Waals surface area contributed by atoms with Crippen molar-refractivity contribution >= 4 is 27.4 Å². The number of piperidine rings is 3. The number of hydrogen-bond donors (Lipinski definition) is 1. The minimum atomic E-state index is 0.0457. The summed E-state index contributed by atoms with van der Waals surface area (Å²) in [6.07, 6.45) is 6.30. The summed E-state index contributed by atoms with van der Waals surface area (Å²) in [6.45, 7) is 3.40. The van der Waals surface area contributed by atoms with E-state index < -0.39 is 0 Å². The van der Waals surface area contributed by atoms with Crippen LogP contribution in [0.3, 0.4) is 0 Å². The predicted molar refractivity (Wildman–Crippen MR) is 85.5 cm³/mol. The molecule has 1 atom stereocenters. The second kappa shape index (κ2) is 5.14. The van der Waals surface area contributed by atoms with Crippen LogP contribution in [0, 0.1) is 5.92 Å². The number of nitrogens with one attached hydrogen (secondary N) is 1. The lowest BCUT2D eigenvalue weighted by Crippen LogP contribution is -2.57. The van der Waals surface area contributed by atoms with E-state index in [2.05, 4.69) is 26.1 Å². The average Bonchev–Trinajstić information content (AvgIpc) is 2.94. The molecule has 1 amide bonds. The molecule has 3 fully saturated rings. The number of halogens is 1. The van der Waals surface area contributed by atoms with E-state index in [9.17, 15) is 4.79 Å². The Morgan fingerprint density at radius 1 is 1.33 bits per heavy atom. The summed E-state index contributed by atoms with van der Waals surface area (Å²) in [6, 6.07) is 6.21. The van der Waals surface area contributed by atoms with Crippen LogP contribution < -0.4 is 5.32 Å². The van der Waals surface area contributed by atoms with Crippen molar-refractivity contribution in [1.29, 1.82) is 0 Å². The third kappa shape index (κ3) is 2.38. The lowest BCUT2D eigenvalue weighted by atomic mass is 9.84. The molecule has 3 saturated heterocycles. The molecular weight excluding hydrogens is 330 g/mol. The maximum absolute atomic E-state index is 12.5. The Labute approximate surface area is 132 Å². The first-order valence-corrected chi connectivity index (χ1v) is 8.29. The van der Waals surface area contributed by atoms with Gasteiger partial charge in [-0.05, 0) is 66.0 Å². The quantitative estimate of drug-likeness (QED) is 0.906. The SMILES string of the molecule is O=C(N[C@H]1CN2CCC1CC2)c1cc2c(Br)cccn2c1. The number of pyridine rings is 1. The van der Waals surface area contributed by atoms with Crippen LogP contribution in [0.4, 0.5) is 0 Å². The van der Waals surface area contributed by atoms with Gasteiger partial charge < -0.3 is 14.6 Å². The normalized spacial score (nSPS) is 28.0.